The Kier molecular flexibility index (Phi) is 19.7. The van der Waals surface area contributed by atoms with Crippen LogP contribution in [0.5, 0.6) is 0 Å². The van der Waals surface area contributed by atoms with Gasteiger partial charge in [-0.05, 0) is 38.5 Å². The molecule has 0 amide bonds. The SMILES string of the molecule is CCCCCOC(=O)CCCCC(=O)OCCCCOC(=O)CCC(=O)OCCCC. The molecule has 0 aromatic heterocycles. The average Bonchev–Trinajstić information content (AvgIpc) is 2.75. The fourth-order valence-corrected chi connectivity index (χ4v) is 2.48. The summed E-state index contributed by atoms with van der Waals surface area (Å²) in [7, 11) is 0. The van der Waals surface area contributed by atoms with E-state index in [0.29, 0.717) is 45.3 Å². The van der Waals surface area contributed by atoms with Crippen LogP contribution in [0, 0.1) is 0 Å². The molecular weight excluding hydrogens is 404 g/mol. The summed E-state index contributed by atoms with van der Waals surface area (Å²) in [5.74, 6) is -1.34. The predicted molar refractivity (Wildman–Crippen MR) is 115 cm³/mol. The van der Waals surface area contributed by atoms with Gasteiger partial charge in [0.25, 0.3) is 0 Å². The van der Waals surface area contributed by atoms with Crippen molar-refractivity contribution in [2.75, 3.05) is 26.4 Å². The largest absolute Gasteiger partial charge is 0.466 e. The van der Waals surface area contributed by atoms with E-state index >= 15 is 0 Å². The standard InChI is InChI=1S/C23H40O8/c1-3-5-9-17-29-20(24)12-7-8-13-21(25)30-18-10-11-19-31-23(27)15-14-22(26)28-16-6-4-2/h3-19H2,1-2H3. The van der Waals surface area contributed by atoms with Crippen molar-refractivity contribution in [2.45, 2.75) is 97.3 Å². The zero-order chi connectivity index (χ0) is 23.2. The Labute approximate surface area is 186 Å². The number of carbonyl (C=O) groups excluding carboxylic acids is 4. The van der Waals surface area contributed by atoms with E-state index in [1.165, 1.54) is 0 Å². The monoisotopic (exact) mass is 444 g/mol. The van der Waals surface area contributed by atoms with Crippen LogP contribution in [0.25, 0.3) is 0 Å². The van der Waals surface area contributed by atoms with Crippen LogP contribution >= 0.6 is 0 Å². The molecule has 8 nitrogen and oxygen atoms in total. The highest BCUT2D eigenvalue weighted by atomic mass is 16.5. The third kappa shape index (κ3) is 20.9. The van der Waals surface area contributed by atoms with Gasteiger partial charge in [0.1, 0.15) is 0 Å². The molecule has 0 bridgehead atoms. The molecule has 0 radical (unpaired) electrons. The zero-order valence-electron chi connectivity index (χ0n) is 19.3. The first-order valence-electron chi connectivity index (χ1n) is 11.6. The van der Waals surface area contributed by atoms with Crippen LogP contribution in [-0.4, -0.2) is 50.3 Å². The molecule has 0 aliphatic carbocycles. The van der Waals surface area contributed by atoms with Crippen molar-refractivity contribution in [1.82, 2.24) is 0 Å². The van der Waals surface area contributed by atoms with Gasteiger partial charge in [-0.2, -0.15) is 0 Å². The minimum atomic E-state index is -0.437. The fraction of sp³-hybridized carbons (Fsp3) is 0.826. The van der Waals surface area contributed by atoms with Gasteiger partial charge in [0.15, 0.2) is 0 Å². The number of hydrogen-bond donors (Lipinski definition) is 0. The molecule has 0 aliphatic rings. The minimum Gasteiger partial charge on any atom is -0.466 e. The normalized spacial score (nSPS) is 10.4. The van der Waals surface area contributed by atoms with Gasteiger partial charge in [-0.1, -0.05) is 33.1 Å². The molecule has 0 atom stereocenters. The zero-order valence-corrected chi connectivity index (χ0v) is 19.3. The van der Waals surface area contributed by atoms with Crippen molar-refractivity contribution in [3.8, 4) is 0 Å². The van der Waals surface area contributed by atoms with Crippen LogP contribution < -0.4 is 0 Å². The van der Waals surface area contributed by atoms with E-state index in [2.05, 4.69) is 6.92 Å². The molecule has 0 aromatic carbocycles. The summed E-state index contributed by atoms with van der Waals surface area (Å²) in [5.41, 5.74) is 0. The molecule has 0 N–H and O–H groups in total. The quantitative estimate of drug-likeness (QED) is 0.156. The lowest BCUT2D eigenvalue weighted by atomic mass is 10.2. The molecule has 0 fully saturated rings. The van der Waals surface area contributed by atoms with Crippen LogP contribution in [0.4, 0.5) is 0 Å². The topological polar surface area (TPSA) is 105 Å². The first-order chi connectivity index (χ1) is 15.0. The van der Waals surface area contributed by atoms with Gasteiger partial charge in [0.2, 0.25) is 0 Å². The van der Waals surface area contributed by atoms with Crippen molar-refractivity contribution in [1.29, 1.82) is 0 Å². The Bertz CT molecular complexity index is 504. The summed E-state index contributed by atoms with van der Waals surface area (Å²) in [6.07, 6.45) is 7.75. The predicted octanol–water partition coefficient (Wildman–Crippen LogP) is 4.27. The number of rotatable bonds is 20. The van der Waals surface area contributed by atoms with E-state index < -0.39 is 5.97 Å². The lowest BCUT2D eigenvalue weighted by Gasteiger charge is -2.07. The maximum absolute atomic E-state index is 11.6. The first kappa shape index (κ1) is 28.9. The average molecular weight is 445 g/mol. The Balaban J connectivity index is 3.48. The second-order valence-corrected chi connectivity index (χ2v) is 7.36. The Morgan fingerprint density at radius 1 is 0.419 bits per heavy atom. The summed E-state index contributed by atoms with van der Waals surface area (Å²) in [6.45, 7) is 5.43. The first-order valence-corrected chi connectivity index (χ1v) is 11.6. The van der Waals surface area contributed by atoms with E-state index in [-0.39, 0.29) is 50.4 Å². The molecule has 0 rings (SSSR count). The number of carbonyl (C=O) groups is 4. The van der Waals surface area contributed by atoms with Crippen molar-refractivity contribution >= 4 is 23.9 Å². The third-order valence-electron chi connectivity index (χ3n) is 4.38. The molecule has 0 saturated heterocycles. The van der Waals surface area contributed by atoms with Crippen molar-refractivity contribution in [2.24, 2.45) is 0 Å². The number of hydrogen-bond acceptors (Lipinski definition) is 8. The van der Waals surface area contributed by atoms with E-state index in [1.807, 2.05) is 6.92 Å². The van der Waals surface area contributed by atoms with E-state index in [1.54, 1.807) is 0 Å². The van der Waals surface area contributed by atoms with E-state index in [0.717, 1.165) is 32.1 Å². The van der Waals surface area contributed by atoms with Gasteiger partial charge in [0.05, 0.1) is 39.3 Å². The number of ether oxygens (including phenoxy) is 4. The molecule has 0 aromatic rings. The van der Waals surface area contributed by atoms with E-state index in [9.17, 15) is 19.2 Å². The van der Waals surface area contributed by atoms with Crippen LogP contribution in [0.15, 0.2) is 0 Å². The van der Waals surface area contributed by atoms with Gasteiger partial charge in [-0.3, -0.25) is 19.2 Å². The van der Waals surface area contributed by atoms with Crippen molar-refractivity contribution in [3.63, 3.8) is 0 Å². The highest BCUT2D eigenvalue weighted by Gasteiger charge is 2.09. The van der Waals surface area contributed by atoms with E-state index in [4.69, 9.17) is 18.9 Å². The minimum absolute atomic E-state index is 0.00618. The van der Waals surface area contributed by atoms with Gasteiger partial charge < -0.3 is 18.9 Å². The highest BCUT2D eigenvalue weighted by molar-refractivity contribution is 5.77. The summed E-state index contributed by atoms with van der Waals surface area (Å²) in [6, 6.07) is 0. The van der Waals surface area contributed by atoms with Gasteiger partial charge in [-0.25, -0.2) is 0 Å². The summed E-state index contributed by atoms with van der Waals surface area (Å²) < 4.78 is 20.2. The maximum atomic E-state index is 11.6. The lowest BCUT2D eigenvalue weighted by Crippen LogP contribution is -2.12. The van der Waals surface area contributed by atoms with Crippen LogP contribution in [0.3, 0.4) is 0 Å². The maximum Gasteiger partial charge on any atom is 0.306 e. The highest BCUT2D eigenvalue weighted by Crippen LogP contribution is 2.05. The summed E-state index contributed by atoms with van der Waals surface area (Å²) in [4.78, 5) is 46.1. The van der Waals surface area contributed by atoms with Crippen LogP contribution in [0.1, 0.15) is 97.3 Å². The molecule has 0 heterocycles. The summed E-state index contributed by atoms with van der Waals surface area (Å²) in [5, 5.41) is 0. The fourth-order valence-electron chi connectivity index (χ4n) is 2.48. The molecule has 8 heteroatoms. The van der Waals surface area contributed by atoms with Crippen LogP contribution in [0.2, 0.25) is 0 Å². The second kappa shape index (κ2) is 21.1. The Morgan fingerprint density at radius 3 is 1.13 bits per heavy atom. The van der Waals surface area contributed by atoms with Gasteiger partial charge >= 0.3 is 23.9 Å². The number of unbranched alkanes of at least 4 members (excludes halogenated alkanes) is 5. The molecule has 180 valence electrons. The van der Waals surface area contributed by atoms with Crippen LogP contribution in [-0.2, 0) is 38.1 Å². The van der Waals surface area contributed by atoms with Crippen molar-refractivity contribution in [3.05, 3.63) is 0 Å². The van der Waals surface area contributed by atoms with Gasteiger partial charge in [-0.15, -0.1) is 0 Å². The third-order valence-corrected chi connectivity index (χ3v) is 4.38. The molecular formula is C23H40O8. The molecule has 0 unspecified atom stereocenters. The second-order valence-electron chi connectivity index (χ2n) is 7.36. The molecule has 0 spiro atoms. The Hall–Kier alpha value is -2.12. The van der Waals surface area contributed by atoms with Crippen molar-refractivity contribution < 1.29 is 38.1 Å². The molecule has 31 heavy (non-hydrogen) atoms. The molecule has 0 saturated carbocycles. The smallest absolute Gasteiger partial charge is 0.306 e. The Morgan fingerprint density at radius 2 is 0.742 bits per heavy atom. The molecule has 0 aliphatic heterocycles. The lowest BCUT2D eigenvalue weighted by molar-refractivity contribution is -0.150. The summed E-state index contributed by atoms with van der Waals surface area (Å²) >= 11 is 0. The number of esters is 4. The van der Waals surface area contributed by atoms with Gasteiger partial charge in [0, 0.05) is 12.8 Å².